The maximum absolute atomic E-state index is 13.7. The first-order valence-corrected chi connectivity index (χ1v) is 11.6. The van der Waals surface area contributed by atoms with Crippen molar-refractivity contribution in [3.05, 3.63) is 126 Å². The van der Waals surface area contributed by atoms with E-state index >= 15 is 0 Å². The fourth-order valence-electron chi connectivity index (χ4n) is 4.55. The van der Waals surface area contributed by atoms with Crippen LogP contribution in [0.15, 0.2) is 109 Å². The minimum absolute atomic E-state index is 0.0237. The van der Waals surface area contributed by atoms with Crippen LogP contribution in [-0.2, 0) is 13.0 Å². The second-order valence-electron chi connectivity index (χ2n) is 8.49. The smallest absolute Gasteiger partial charge is 0.254 e. The summed E-state index contributed by atoms with van der Waals surface area (Å²) in [5.41, 5.74) is 3.07. The van der Waals surface area contributed by atoms with Crippen molar-refractivity contribution in [2.75, 3.05) is 13.7 Å². The van der Waals surface area contributed by atoms with Gasteiger partial charge < -0.3 is 9.64 Å². The van der Waals surface area contributed by atoms with E-state index in [2.05, 4.69) is 66.7 Å². The maximum Gasteiger partial charge on any atom is 0.254 e. The molecule has 0 spiro atoms. The number of fused-ring (bicyclic) bond motifs is 2. The molecule has 0 saturated heterocycles. The predicted molar refractivity (Wildman–Crippen MR) is 139 cm³/mol. The molecule has 0 bridgehead atoms. The highest BCUT2D eigenvalue weighted by Crippen LogP contribution is 2.30. The van der Waals surface area contributed by atoms with Crippen molar-refractivity contribution < 1.29 is 9.53 Å². The van der Waals surface area contributed by atoms with Gasteiger partial charge in [0.2, 0.25) is 0 Å². The summed E-state index contributed by atoms with van der Waals surface area (Å²) in [5.74, 6) is 0.767. The Morgan fingerprint density at radius 2 is 1.32 bits per heavy atom. The molecule has 0 radical (unpaired) electrons. The average molecular weight is 446 g/mol. The van der Waals surface area contributed by atoms with Crippen LogP contribution < -0.4 is 4.74 Å². The number of ether oxygens (including phenoxy) is 1. The molecule has 3 nitrogen and oxygen atoms in total. The minimum atomic E-state index is 0.0237. The lowest BCUT2D eigenvalue weighted by Crippen LogP contribution is -2.32. The van der Waals surface area contributed by atoms with Gasteiger partial charge in [-0.25, -0.2) is 0 Å². The molecule has 3 heteroatoms. The number of hydrogen-bond acceptors (Lipinski definition) is 2. The van der Waals surface area contributed by atoms with Gasteiger partial charge in [-0.2, -0.15) is 0 Å². The summed E-state index contributed by atoms with van der Waals surface area (Å²) in [6.07, 6.45) is 0.797. The van der Waals surface area contributed by atoms with Gasteiger partial charge in [-0.1, -0.05) is 78.9 Å². The van der Waals surface area contributed by atoms with E-state index in [-0.39, 0.29) is 5.91 Å². The second-order valence-corrected chi connectivity index (χ2v) is 8.49. The van der Waals surface area contributed by atoms with Crippen LogP contribution in [0.4, 0.5) is 0 Å². The van der Waals surface area contributed by atoms with Gasteiger partial charge in [0, 0.05) is 18.7 Å². The fraction of sp³-hybridized carbons (Fsp3) is 0.129. The van der Waals surface area contributed by atoms with E-state index in [0.717, 1.165) is 12.2 Å². The molecule has 5 rings (SSSR count). The lowest BCUT2D eigenvalue weighted by Gasteiger charge is -2.25. The summed E-state index contributed by atoms with van der Waals surface area (Å²) in [4.78, 5) is 15.7. The van der Waals surface area contributed by atoms with E-state index in [9.17, 15) is 4.79 Å². The molecule has 0 fully saturated rings. The first-order chi connectivity index (χ1) is 16.7. The molecular weight excluding hydrogens is 418 g/mol. The largest absolute Gasteiger partial charge is 0.497 e. The summed E-state index contributed by atoms with van der Waals surface area (Å²) < 4.78 is 5.28. The molecular formula is C31H27NO2. The Balaban J connectivity index is 1.55. The molecule has 0 aliphatic heterocycles. The fourth-order valence-corrected chi connectivity index (χ4v) is 4.55. The summed E-state index contributed by atoms with van der Waals surface area (Å²) in [5, 5.41) is 4.76. The van der Waals surface area contributed by atoms with Crippen LogP contribution >= 0.6 is 0 Å². The zero-order chi connectivity index (χ0) is 23.3. The molecule has 0 unspecified atom stereocenters. The first kappa shape index (κ1) is 21.7. The molecule has 0 N–H and O–H groups in total. The van der Waals surface area contributed by atoms with E-state index in [1.807, 2.05) is 47.4 Å². The van der Waals surface area contributed by atoms with Gasteiger partial charge in [0.1, 0.15) is 5.75 Å². The van der Waals surface area contributed by atoms with E-state index < -0.39 is 0 Å². The van der Waals surface area contributed by atoms with Gasteiger partial charge in [0.15, 0.2) is 0 Å². The molecule has 5 aromatic rings. The van der Waals surface area contributed by atoms with Crippen molar-refractivity contribution in [2.45, 2.75) is 13.0 Å². The molecule has 0 atom stereocenters. The quantitative estimate of drug-likeness (QED) is 0.255. The summed E-state index contributed by atoms with van der Waals surface area (Å²) in [6, 6.07) is 36.8. The normalized spacial score (nSPS) is 11.0. The lowest BCUT2D eigenvalue weighted by atomic mass is 9.96. The maximum atomic E-state index is 13.7. The molecule has 168 valence electrons. The Hall–Kier alpha value is -4.11. The number of carbonyl (C=O) groups is 1. The third-order valence-corrected chi connectivity index (χ3v) is 6.37. The van der Waals surface area contributed by atoms with Gasteiger partial charge >= 0.3 is 0 Å². The highest BCUT2D eigenvalue weighted by molar-refractivity contribution is 6.03. The SMILES string of the molecule is COc1ccc(C(=O)N(CCc2ccccc2)Cc2c3ccccc3cc3ccccc23)cc1. The minimum Gasteiger partial charge on any atom is -0.497 e. The topological polar surface area (TPSA) is 29.5 Å². The van der Waals surface area contributed by atoms with E-state index in [0.29, 0.717) is 18.7 Å². The number of methoxy groups -OCH3 is 1. The van der Waals surface area contributed by atoms with Crippen LogP contribution in [0.25, 0.3) is 21.5 Å². The number of carbonyl (C=O) groups excluding carboxylic acids is 1. The van der Waals surface area contributed by atoms with Crippen LogP contribution in [0.5, 0.6) is 5.75 Å². The van der Waals surface area contributed by atoms with Gasteiger partial charge in [-0.15, -0.1) is 0 Å². The standard InChI is InChI=1S/C31H27NO2/c1-34-27-17-15-24(16-18-27)31(33)32(20-19-23-9-3-2-4-10-23)22-30-28-13-7-5-11-25(28)21-26-12-6-8-14-29(26)30/h2-18,21H,19-20,22H2,1H3. The van der Waals surface area contributed by atoms with Gasteiger partial charge in [0.05, 0.1) is 7.11 Å². The highest BCUT2D eigenvalue weighted by Gasteiger charge is 2.19. The van der Waals surface area contributed by atoms with Crippen molar-refractivity contribution in [3.63, 3.8) is 0 Å². The third kappa shape index (κ3) is 4.51. The molecule has 0 heterocycles. The molecule has 0 aliphatic rings. The van der Waals surface area contributed by atoms with E-state index in [4.69, 9.17) is 4.74 Å². The van der Waals surface area contributed by atoms with Crippen LogP contribution in [0.3, 0.4) is 0 Å². The molecule has 1 amide bonds. The lowest BCUT2D eigenvalue weighted by molar-refractivity contribution is 0.0746. The Bertz CT molecular complexity index is 1370. The first-order valence-electron chi connectivity index (χ1n) is 11.6. The molecule has 0 aromatic heterocycles. The zero-order valence-electron chi connectivity index (χ0n) is 19.3. The summed E-state index contributed by atoms with van der Waals surface area (Å²) in [6.45, 7) is 1.17. The number of benzene rings is 5. The summed E-state index contributed by atoms with van der Waals surface area (Å²) in [7, 11) is 1.63. The van der Waals surface area contributed by atoms with Crippen LogP contribution in [-0.4, -0.2) is 24.5 Å². The van der Waals surface area contributed by atoms with Crippen molar-refractivity contribution in [1.82, 2.24) is 4.90 Å². The highest BCUT2D eigenvalue weighted by atomic mass is 16.5. The molecule has 34 heavy (non-hydrogen) atoms. The number of nitrogens with zero attached hydrogens (tertiary/aromatic N) is 1. The zero-order valence-corrected chi connectivity index (χ0v) is 19.3. The molecule has 0 saturated carbocycles. The monoisotopic (exact) mass is 445 g/mol. The van der Waals surface area contributed by atoms with Gasteiger partial charge in [-0.3, -0.25) is 4.79 Å². The second kappa shape index (κ2) is 9.80. The Morgan fingerprint density at radius 1 is 0.735 bits per heavy atom. The molecule has 0 aliphatic carbocycles. The number of amides is 1. The van der Waals surface area contributed by atoms with E-state index in [1.165, 1.54) is 32.7 Å². The van der Waals surface area contributed by atoms with Crippen molar-refractivity contribution >= 4 is 27.5 Å². The van der Waals surface area contributed by atoms with Crippen LogP contribution in [0.2, 0.25) is 0 Å². The van der Waals surface area contributed by atoms with Crippen LogP contribution in [0, 0.1) is 0 Å². The van der Waals surface area contributed by atoms with Crippen molar-refractivity contribution in [1.29, 1.82) is 0 Å². The molecule has 5 aromatic carbocycles. The Morgan fingerprint density at radius 3 is 1.94 bits per heavy atom. The van der Waals surface area contributed by atoms with Crippen molar-refractivity contribution in [3.8, 4) is 5.75 Å². The van der Waals surface area contributed by atoms with Gasteiger partial charge in [0.25, 0.3) is 5.91 Å². The van der Waals surface area contributed by atoms with Crippen molar-refractivity contribution in [2.24, 2.45) is 0 Å². The third-order valence-electron chi connectivity index (χ3n) is 6.37. The van der Waals surface area contributed by atoms with E-state index in [1.54, 1.807) is 7.11 Å². The predicted octanol–water partition coefficient (Wildman–Crippen LogP) is 6.89. The average Bonchev–Trinajstić information content (AvgIpc) is 2.90. The van der Waals surface area contributed by atoms with Gasteiger partial charge in [-0.05, 0) is 69.4 Å². The number of rotatable bonds is 7. The number of hydrogen-bond donors (Lipinski definition) is 0. The summed E-state index contributed by atoms with van der Waals surface area (Å²) >= 11 is 0. The Kier molecular flexibility index (Phi) is 6.26. The Labute approximate surface area is 200 Å². The van der Waals surface area contributed by atoms with Crippen LogP contribution in [0.1, 0.15) is 21.5 Å².